The molecule has 1 aliphatic rings. The van der Waals surface area contributed by atoms with E-state index in [1.165, 1.54) is 0 Å². The van der Waals surface area contributed by atoms with E-state index in [4.69, 9.17) is 23.2 Å². The fourth-order valence-electron chi connectivity index (χ4n) is 1.62. The smallest absolute Gasteiger partial charge is 0.221 e. The van der Waals surface area contributed by atoms with Gasteiger partial charge in [0.25, 0.3) is 0 Å². The van der Waals surface area contributed by atoms with Crippen molar-refractivity contribution < 1.29 is 4.79 Å². The van der Waals surface area contributed by atoms with Crippen molar-refractivity contribution in [2.75, 3.05) is 11.9 Å². The molecule has 3 nitrogen and oxygen atoms in total. The van der Waals surface area contributed by atoms with Crippen LogP contribution < -0.4 is 10.6 Å². The maximum Gasteiger partial charge on any atom is 0.221 e. The summed E-state index contributed by atoms with van der Waals surface area (Å²) in [6.45, 7) is 2.46. The Morgan fingerprint density at radius 3 is 2.72 bits per heavy atom. The minimum absolute atomic E-state index is 0.0827. The lowest BCUT2D eigenvalue weighted by Crippen LogP contribution is -2.27. The van der Waals surface area contributed by atoms with Gasteiger partial charge in [0, 0.05) is 24.0 Å². The summed E-state index contributed by atoms with van der Waals surface area (Å²) in [4.78, 5) is 11.5. The van der Waals surface area contributed by atoms with Crippen LogP contribution in [0, 0.1) is 6.92 Å². The van der Waals surface area contributed by atoms with Crippen LogP contribution in [0.3, 0.4) is 0 Å². The van der Waals surface area contributed by atoms with Crippen molar-refractivity contribution in [1.82, 2.24) is 5.32 Å². The number of aryl methyl sites for hydroxylation is 1. The third-order valence-corrected chi connectivity index (χ3v) is 3.58. The van der Waals surface area contributed by atoms with Gasteiger partial charge in [-0.1, -0.05) is 23.2 Å². The number of halogens is 2. The molecule has 0 spiro atoms. The molecule has 0 radical (unpaired) electrons. The van der Waals surface area contributed by atoms with Crippen LogP contribution >= 0.6 is 23.2 Å². The maximum absolute atomic E-state index is 11.5. The lowest BCUT2D eigenvalue weighted by atomic mass is 10.2. The van der Waals surface area contributed by atoms with Gasteiger partial charge in [0.05, 0.1) is 10.7 Å². The molecule has 1 aliphatic carbocycles. The largest absolute Gasteiger partial charge is 0.383 e. The molecule has 1 aromatic carbocycles. The molecule has 0 aliphatic heterocycles. The molecule has 0 heterocycles. The first-order valence-corrected chi connectivity index (χ1v) is 6.80. The van der Waals surface area contributed by atoms with Gasteiger partial charge in [-0.15, -0.1) is 0 Å². The molecule has 0 aromatic heterocycles. The minimum Gasteiger partial charge on any atom is -0.383 e. The molecule has 2 N–H and O–H groups in total. The Hall–Kier alpha value is -0.930. The van der Waals surface area contributed by atoms with Crippen LogP contribution in [0.1, 0.15) is 24.8 Å². The molecule has 1 amide bonds. The normalized spacial score (nSPS) is 14.4. The number of nitrogens with one attached hydrogen (secondary N) is 2. The van der Waals surface area contributed by atoms with Crippen LogP contribution in [-0.4, -0.2) is 18.5 Å². The van der Waals surface area contributed by atoms with Gasteiger partial charge in [-0.05, 0) is 37.5 Å². The van der Waals surface area contributed by atoms with Crippen molar-refractivity contribution in [2.24, 2.45) is 0 Å². The average Bonchev–Trinajstić information content (AvgIpc) is 3.09. The summed E-state index contributed by atoms with van der Waals surface area (Å²) in [5.41, 5.74) is 1.71. The Labute approximate surface area is 117 Å². The molecular weight excluding hydrogens is 271 g/mol. The average molecular weight is 287 g/mol. The SMILES string of the molecule is Cc1cc(Cl)c(NCCC(=O)NC2CC2)cc1Cl. The van der Waals surface area contributed by atoms with Crippen LogP contribution in [0.15, 0.2) is 12.1 Å². The van der Waals surface area contributed by atoms with Crippen LogP contribution in [0.2, 0.25) is 10.0 Å². The molecule has 1 fully saturated rings. The highest BCUT2D eigenvalue weighted by atomic mass is 35.5. The second-order valence-corrected chi connectivity index (χ2v) is 5.41. The third-order valence-electron chi connectivity index (χ3n) is 2.86. The van der Waals surface area contributed by atoms with Crippen molar-refractivity contribution >= 4 is 34.8 Å². The Morgan fingerprint density at radius 2 is 2.06 bits per heavy atom. The number of hydrogen-bond donors (Lipinski definition) is 2. The number of rotatable bonds is 5. The summed E-state index contributed by atoms with van der Waals surface area (Å²) >= 11 is 12.1. The van der Waals surface area contributed by atoms with Gasteiger partial charge in [-0.2, -0.15) is 0 Å². The number of anilines is 1. The highest BCUT2D eigenvalue weighted by Gasteiger charge is 2.22. The molecule has 0 unspecified atom stereocenters. The van der Waals surface area contributed by atoms with Crippen molar-refractivity contribution in [3.8, 4) is 0 Å². The van der Waals surface area contributed by atoms with Gasteiger partial charge in [-0.3, -0.25) is 4.79 Å². The molecule has 0 atom stereocenters. The number of hydrogen-bond acceptors (Lipinski definition) is 2. The standard InChI is InChI=1S/C13H16Cl2N2O/c1-8-6-11(15)12(7-10(8)14)16-5-4-13(18)17-9-2-3-9/h6-7,9,16H,2-5H2,1H3,(H,17,18). The Morgan fingerprint density at radius 1 is 1.33 bits per heavy atom. The van der Waals surface area contributed by atoms with Crippen LogP contribution in [-0.2, 0) is 4.79 Å². The zero-order valence-corrected chi connectivity index (χ0v) is 11.7. The summed E-state index contributed by atoms with van der Waals surface area (Å²) in [6.07, 6.45) is 2.66. The zero-order valence-electron chi connectivity index (χ0n) is 10.2. The second-order valence-electron chi connectivity index (χ2n) is 4.60. The van der Waals surface area contributed by atoms with E-state index < -0.39 is 0 Å². The van der Waals surface area contributed by atoms with E-state index in [1.807, 2.05) is 13.0 Å². The maximum atomic E-state index is 11.5. The van der Waals surface area contributed by atoms with Crippen molar-refractivity contribution in [3.05, 3.63) is 27.7 Å². The fourth-order valence-corrected chi connectivity index (χ4v) is 2.07. The first kappa shape index (κ1) is 13.5. The molecule has 0 bridgehead atoms. The Balaban J connectivity index is 1.82. The minimum atomic E-state index is 0.0827. The van der Waals surface area contributed by atoms with Crippen LogP contribution in [0.5, 0.6) is 0 Å². The van der Waals surface area contributed by atoms with E-state index >= 15 is 0 Å². The van der Waals surface area contributed by atoms with Gasteiger partial charge in [-0.25, -0.2) is 0 Å². The summed E-state index contributed by atoms with van der Waals surface area (Å²) in [6, 6.07) is 4.02. The summed E-state index contributed by atoms with van der Waals surface area (Å²) < 4.78 is 0. The summed E-state index contributed by atoms with van der Waals surface area (Å²) in [5, 5.41) is 7.36. The van der Waals surface area contributed by atoms with E-state index in [0.29, 0.717) is 29.1 Å². The van der Waals surface area contributed by atoms with E-state index in [-0.39, 0.29) is 5.91 Å². The highest BCUT2D eigenvalue weighted by molar-refractivity contribution is 6.35. The Bertz CT molecular complexity index is 459. The predicted molar refractivity (Wildman–Crippen MR) is 75.5 cm³/mol. The first-order chi connectivity index (χ1) is 8.56. The van der Waals surface area contributed by atoms with Crippen molar-refractivity contribution in [3.63, 3.8) is 0 Å². The molecule has 18 heavy (non-hydrogen) atoms. The lowest BCUT2D eigenvalue weighted by molar-refractivity contribution is -0.120. The fraction of sp³-hybridized carbons (Fsp3) is 0.462. The first-order valence-electron chi connectivity index (χ1n) is 6.05. The molecule has 2 rings (SSSR count). The molecule has 1 aromatic rings. The number of benzene rings is 1. The van der Waals surface area contributed by atoms with Crippen molar-refractivity contribution in [2.45, 2.75) is 32.2 Å². The van der Waals surface area contributed by atoms with Gasteiger partial charge < -0.3 is 10.6 Å². The lowest BCUT2D eigenvalue weighted by Gasteiger charge is -2.10. The number of carbonyl (C=O) groups excluding carboxylic acids is 1. The van der Waals surface area contributed by atoms with Gasteiger partial charge in [0.1, 0.15) is 0 Å². The van der Waals surface area contributed by atoms with Crippen LogP contribution in [0.25, 0.3) is 0 Å². The zero-order chi connectivity index (χ0) is 13.1. The van der Waals surface area contributed by atoms with E-state index in [2.05, 4.69) is 10.6 Å². The molecular formula is C13H16Cl2N2O. The number of amides is 1. The molecule has 98 valence electrons. The second kappa shape index (κ2) is 5.81. The predicted octanol–water partition coefficient (Wildman–Crippen LogP) is 3.38. The summed E-state index contributed by atoms with van der Waals surface area (Å²) in [7, 11) is 0. The highest BCUT2D eigenvalue weighted by Crippen LogP contribution is 2.28. The van der Waals surface area contributed by atoms with Gasteiger partial charge in [0.15, 0.2) is 0 Å². The summed E-state index contributed by atoms with van der Waals surface area (Å²) in [5.74, 6) is 0.0827. The Kier molecular flexibility index (Phi) is 4.36. The van der Waals surface area contributed by atoms with Crippen LogP contribution in [0.4, 0.5) is 5.69 Å². The monoisotopic (exact) mass is 286 g/mol. The van der Waals surface area contributed by atoms with E-state index in [1.54, 1.807) is 6.07 Å². The van der Waals surface area contributed by atoms with Gasteiger partial charge in [0.2, 0.25) is 5.91 Å². The van der Waals surface area contributed by atoms with Crippen molar-refractivity contribution in [1.29, 1.82) is 0 Å². The van der Waals surface area contributed by atoms with E-state index in [0.717, 1.165) is 24.1 Å². The molecule has 0 saturated heterocycles. The molecule has 1 saturated carbocycles. The van der Waals surface area contributed by atoms with E-state index in [9.17, 15) is 4.79 Å². The topological polar surface area (TPSA) is 41.1 Å². The number of carbonyl (C=O) groups is 1. The van der Waals surface area contributed by atoms with Gasteiger partial charge >= 0.3 is 0 Å². The third kappa shape index (κ3) is 3.79. The molecule has 5 heteroatoms. The quantitative estimate of drug-likeness (QED) is 0.871.